The summed E-state index contributed by atoms with van der Waals surface area (Å²) in [6, 6.07) is 3.66. The summed E-state index contributed by atoms with van der Waals surface area (Å²) in [4.78, 5) is 9.67. The van der Waals surface area contributed by atoms with Crippen molar-refractivity contribution in [3.63, 3.8) is 0 Å². The van der Waals surface area contributed by atoms with Gasteiger partial charge in [0.1, 0.15) is 0 Å². The molecule has 8 heteroatoms. The second-order valence-electron chi connectivity index (χ2n) is 2.65. The number of alkyl halides is 3. The Balaban J connectivity index is 3.06. The Hall–Kier alpha value is -1.31. The number of halogens is 4. The van der Waals surface area contributed by atoms with Crippen LogP contribution in [-0.2, 0) is 0 Å². The smallest absolute Gasteiger partial charge is 0.312 e. The lowest BCUT2D eigenvalue weighted by Gasteiger charge is -2.11. The SMILES string of the molecule is O=[N+]([O-])c1cccc(Br)c1OC(F)C(F)F. The Morgan fingerprint density at radius 2 is 2.00 bits per heavy atom. The first-order valence-electron chi connectivity index (χ1n) is 3.95. The van der Waals surface area contributed by atoms with Gasteiger partial charge in [0.15, 0.2) is 0 Å². The van der Waals surface area contributed by atoms with Crippen LogP contribution in [0.2, 0.25) is 0 Å². The van der Waals surface area contributed by atoms with Crippen LogP contribution in [0.3, 0.4) is 0 Å². The van der Waals surface area contributed by atoms with Crippen LogP contribution in [-0.4, -0.2) is 17.7 Å². The largest absolute Gasteiger partial charge is 0.446 e. The van der Waals surface area contributed by atoms with Gasteiger partial charge in [0.25, 0.3) is 6.36 Å². The Morgan fingerprint density at radius 3 is 2.50 bits per heavy atom. The van der Waals surface area contributed by atoms with Crippen LogP contribution < -0.4 is 4.74 Å². The molecule has 1 aromatic rings. The van der Waals surface area contributed by atoms with Gasteiger partial charge in [-0.25, -0.2) is 8.78 Å². The number of nitro benzene ring substituents is 1. The number of nitrogens with zero attached hydrogens (tertiary/aromatic N) is 1. The monoisotopic (exact) mass is 299 g/mol. The van der Waals surface area contributed by atoms with Gasteiger partial charge in [-0.2, -0.15) is 4.39 Å². The molecule has 0 fully saturated rings. The van der Waals surface area contributed by atoms with E-state index in [1.807, 2.05) is 0 Å². The Labute approximate surface area is 96.3 Å². The number of nitro groups is 1. The molecule has 0 bridgehead atoms. The van der Waals surface area contributed by atoms with E-state index in [1.165, 1.54) is 12.1 Å². The third kappa shape index (κ3) is 2.84. The van der Waals surface area contributed by atoms with Gasteiger partial charge in [0.2, 0.25) is 5.75 Å². The fourth-order valence-electron chi connectivity index (χ4n) is 0.922. The first kappa shape index (κ1) is 12.8. The molecular weight excluding hydrogens is 295 g/mol. The summed E-state index contributed by atoms with van der Waals surface area (Å²) < 4.78 is 40.6. The first-order valence-corrected chi connectivity index (χ1v) is 4.74. The normalized spacial score (nSPS) is 12.6. The van der Waals surface area contributed by atoms with Crippen LogP contribution in [0.5, 0.6) is 5.75 Å². The number of rotatable bonds is 4. The van der Waals surface area contributed by atoms with E-state index in [9.17, 15) is 23.3 Å². The highest BCUT2D eigenvalue weighted by Crippen LogP contribution is 2.36. The molecule has 0 heterocycles. The average molecular weight is 300 g/mol. The van der Waals surface area contributed by atoms with E-state index < -0.39 is 29.1 Å². The third-order valence-corrected chi connectivity index (χ3v) is 2.20. The summed E-state index contributed by atoms with van der Waals surface area (Å²) in [6.45, 7) is 0. The highest BCUT2D eigenvalue weighted by atomic mass is 79.9. The van der Waals surface area contributed by atoms with Gasteiger partial charge in [0, 0.05) is 6.07 Å². The molecule has 0 spiro atoms. The van der Waals surface area contributed by atoms with Crippen LogP contribution in [0.4, 0.5) is 18.9 Å². The van der Waals surface area contributed by atoms with Crippen molar-refractivity contribution in [2.24, 2.45) is 0 Å². The minimum absolute atomic E-state index is 0.0324. The fraction of sp³-hybridized carbons (Fsp3) is 0.250. The van der Waals surface area contributed by atoms with Crippen molar-refractivity contribution in [2.75, 3.05) is 0 Å². The van der Waals surface area contributed by atoms with Gasteiger partial charge >= 0.3 is 12.1 Å². The lowest BCUT2D eigenvalue weighted by Crippen LogP contribution is -2.20. The summed E-state index contributed by atoms with van der Waals surface area (Å²) in [5, 5.41) is 10.5. The quantitative estimate of drug-likeness (QED) is 0.633. The summed E-state index contributed by atoms with van der Waals surface area (Å²) in [6.07, 6.45) is -6.27. The zero-order chi connectivity index (χ0) is 12.3. The second-order valence-corrected chi connectivity index (χ2v) is 3.50. The molecule has 0 amide bonds. The molecule has 4 nitrogen and oxygen atoms in total. The number of hydrogen-bond donors (Lipinski definition) is 0. The van der Waals surface area contributed by atoms with E-state index in [0.29, 0.717) is 0 Å². The molecule has 16 heavy (non-hydrogen) atoms. The minimum Gasteiger partial charge on any atom is -0.446 e. The van der Waals surface area contributed by atoms with E-state index in [1.54, 1.807) is 0 Å². The molecule has 0 saturated heterocycles. The van der Waals surface area contributed by atoms with Crippen molar-refractivity contribution >= 4 is 21.6 Å². The van der Waals surface area contributed by atoms with Crippen molar-refractivity contribution in [1.29, 1.82) is 0 Å². The number of para-hydroxylation sites is 1. The first-order chi connectivity index (χ1) is 7.43. The molecule has 0 saturated carbocycles. The van der Waals surface area contributed by atoms with Crippen LogP contribution in [0.15, 0.2) is 22.7 Å². The summed E-state index contributed by atoms with van der Waals surface area (Å²) in [7, 11) is 0. The number of benzene rings is 1. The van der Waals surface area contributed by atoms with E-state index in [4.69, 9.17) is 0 Å². The van der Waals surface area contributed by atoms with Gasteiger partial charge in [-0.1, -0.05) is 6.07 Å². The molecule has 1 rings (SSSR count). The van der Waals surface area contributed by atoms with Crippen LogP contribution in [0, 0.1) is 10.1 Å². The highest BCUT2D eigenvalue weighted by molar-refractivity contribution is 9.10. The van der Waals surface area contributed by atoms with Crippen LogP contribution >= 0.6 is 15.9 Å². The predicted octanol–water partition coefficient (Wildman–Crippen LogP) is 3.30. The maximum absolute atomic E-state index is 12.6. The maximum Gasteiger partial charge on any atom is 0.312 e. The zero-order valence-corrected chi connectivity index (χ0v) is 9.16. The number of hydrogen-bond acceptors (Lipinski definition) is 3. The van der Waals surface area contributed by atoms with Crippen molar-refractivity contribution in [1.82, 2.24) is 0 Å². The molecule has 0 N–H and O–H groups in total. The summed E-state index contributed by atoms with van der Waals surface area (Å²) in [5.41, 5.74) is -0.585. The van der Waals surface area contributed by atoms with Crippen LogP contribution in [0.25, 0.3) is 0 Å². The Morgan fingerprint density at radius 1 is 1.38 bits per heavy atom. The Kier molecular flexibility index (Phi) is 4.11. The standard InChI is InChI=1S/C8H5BrF3NO3/c9-4-2-1-3-5(13(14)15)6(4)16-8(12)7(10)11/h1-3,7-8H. The van der Waals surface area contributed by atoms with Gasteiger partial charge in [-0.05, 0) is 22.0 Å². The topological polar surface area (TPSA) is 52.4 Å². The molecule has 0 aliphatic rings. The summed E-state index contributed by atoms with van der Waals surface area (Å²) in [5.74, 6) is -0.555. The highest BCUT2D eigenvalue weighted by Gasteiger charge is 2.26. The van der Waals surface area contributed by atoms with E-state index in [-0.39, 0.29) is 4.47 Å². The van der Waals surface area contributed by atoms with E-state index in [2.05, 4.69) is 20.7 Å². The molecular formula is C8H5BrF3NO3. The van der Waals surface area contributed by atoms with Crippen molar-refractivity contribution in [3.05, 3.63) is 32.8 Å². The van der Waals surface area contributed by atoms with Gasteiger partial charge in [-0.3, -0.25) is 10.1 Å². The summed E-state index contributed by atoms with van der Waals surface area (Å²) >= 11 is 2.85. The van der Waals surface area contributed by atoms with Crippen LogP contribution in [0.1, 0.15) is 0 Å². The molecule has 0 aliphatic heterocycles. The maximum atomic E-state index is 12.6. The van der Waals surface area contributed by atoms with Gasteiger partial charge in [0.05, 0.1) is 9.40 Å². The van der Waals surface area contributed by atoms with Crippen molar-refractivity contribution < 1.29 is 22.8 Å². The van der Waals surface area contributed by atoms with Crippen molar-refractivity contribution in [2.45, 2.75) is 12.8 Å². The zero-order valence-electron chi connectivity index (χ0n) is 7.57. The molecule has 1 atom stereocenters. The molecule has 88 valence electrons. The van der Waals surface area contributed by atoms with E-state index in [0.717, 1.165) is 6.07 Å². The van der Waals surface area contributed by atoms with Crippen molar-refractivity contribution in [3.8, 4) is 5.75 Å². The minimum atomic E-state index is -3.37. The molecule has 0 aromatic heterocycles. The van der Waals surface area contributed by atoms with E-state index >= 15 is 0 Å². The van der Waals surface area contributed by atoms with Gasteiger partial charge in [-0.15, -0.1) is 0 Å². The Bertz CT molecular complexity index is 402. The second kappa shape index (κ2) is 5.15. The third-order valence-electron chi connectivity index (χ3n) is 1.57. The van der Waals surface area contributed by atoms with Gasteiger partial charge < -0.3 is 4.74 Å². The molecule has 0 radical (unpaired) electrons. The molecule has 1 aromatic carbocycles. The fourth-order valence-corrected chi connectivity index (χ4v) is 1.37. The lowest BCUT2D eigenvalue weighted by atomic mass is 10.3. The molecule has 1 unspecified atom stereocenters. The average Bonchev–Trinajstić information content (AvgIpc) is 2.20. The predicted molar refractivity (Wildman–Crippen MR) is 52.3 cm³/mol. The number of ether oxygens (including phenoxy) is 1. The lowest BCUT2D eigenvalue weighted by molar-refractivity contribution is -0.386. The molecule has 0 aliphatic carbocycles.